The van der Waals surface area contributed by atoms with Crippen LogP contribution in [0.3, 0.4) is 0 Å². The summed E-state index contributed by atoms with van der Waals surface area (Å²) in [6.07, 6.45) is 4.90. The van der Waals surface area contributed by atoms with E-state index in [0.29, 0.717) is 11.5 Å². The van der Waals surface area contributed by atoms with Crippen LogP contribution >= 0.6 is 0 Å². The zero-order chi connectivity index (χ0) is 10.9. The van der Waals surface area contributed by atoms with Crippen LogP contribution in [0.1, 0.15) is 37.9 Å². The Morgan fingerprint density at radius 3 is 3.00 bits per heavy atom. The largest absolute Gasteiger partial charge is 0.472 e. The predicted molar refractivity (Wildman–Crippen MR) is 54.7 cm³/mol. The highest BCUT2D eigenvalue weighted by Gasteiger charge is 2.44. The minimum Gasteiger partial charge on any atom is -0.472 e. The van der Waals surface area contributed by atoms with Crippen molar-refractivity contribution < 1.29 is 9.52 Å². The SMILES string of the molecule is CC1CCC(C#N)(C(O)c2ccoc2)C1. The molecule has 15 heavy (non-hydrogen) atoms. The van der Waals surface area contributed by atoms with Gasteiger partial charge in [-0.05, 0) is 31.2 Å². The van der Waals surface area contributed by atoms with Crippen molar-refractivity contribution in [3.8, 4) is 6.07 Å². The number of rotatable bonds is 2. The van der Waals surface area contributed by atoms with E-state index in [1.54, 1.807) is 6.07 Å². The fourth-order valence-electron chi connectivity index (χ4n) is 2.49. The van der Waals surface area contributed by atoms with E-state index < -0.39 is 11.5 Å². The van der Waals surface area contributed by atoms with Crippen LogP contribution in [0.4, 0.5) is 0 Å². The van der Waals surface area contributed by atoms with Crippen LogP contribution in [0.5, 0.6) is 0 Å². The van der Waals surface area contributed by atoms with E-state index in [-0.39, 0.29) is 0 Å². The minimum atomic E-state index is -0.716. The molecule has 1 heterocycles. The van der Waals surface area contributed by atoms with E-state index in [4.69, 9.17) is 4.42 Å². The summed E-state index contributed by atoms with van der Waals surface area (Å²) in [4.78, 5) is 0. The van der Waals surface area contributed by atoms with E-state index in [9.17, 15) is 10.4 Å². The fourth-order valence-corrected chi connectivity index (χ4v) is 2.49. The van der Waals surface area contributed by atoms with Crippen molar-refractivity contribution in [1.29, 1.82) is 5.26 Å². The Kier molecular flexibility index (Phi) is 2.54. The van der Waals surface area contributed by atoms with Crippen LogP contribution in [0.2, 0.25) is 0 Å². The summed E-state index contributed by atoms with van der Waals surface area (Å²) in [5.41, 5.74) is 0.106. The third-order valence-corrected chi connectivity index (χ3v) is 3.40. The van der Waals surface area contributed by atoms with Crippen LogP contribution in [0, 0.1) is 22.7 Å². The van der Waals surface area contributed by atoms with Gasteiger partial charge < -0.3 is 9.52 Å². The first kappa shape index (κ1) is 10.3. The lowest BCUT2D eigenvalue weighted by Gasteiger charge is -2.26. The summed E-state index contributed by atoms with van der Waals surface area (Å²) in [6.45, 7) is 2.13. The van der Waals surface area contributed by atoms with Gasteiger partial charge in [-0.1, -0.05) is 6.92 Å². The number of hydrogen-bond donors (Lipinski definition) is 1. The molecule has 0 radical (unpaired) electrons. The van der Waals surface area contributed by atoms with Gasteiger partial charge in [-0.15, -0.1) is 0 Å². The first-order valence-electron chi connectivity index (χ1n) is 5.29. The van der Waals surface area contributed by atoms with E-state index >= 15 is 0 Å². The molecule has 80 valence electrons. The molecule has 3 nitrogen and oxygen atoms in total. The smallest absolute Gasteiger partial charge is 0.101 e. The molecule has 0 aliphatic heterocycles. The quantitative estimate of drug-likeness (QED) is 0.807. The highest BCUT2D eigenvalue weighted by molar-refractivity contribution is 5.19. The first-order valence-corrected chi connectivity index (χ1v) is 5.29. The second-order valence-corrected chi connectivity index (χ2v) is 4.58. The van der Waals surface area contributed by atoms with E-state index in [1.165, 1.54) is 12.5 Å². The summed E-state index contributed by atoms with van der Waals surface area (Å²) >= 11 is 0. The van der Waals surface area contributed by atoms with Crippen LogP contribution in [0.15, 0.2) is 23.0 Å². The van der Waals surface area contributed by atoms with Gasteiger partial charge in [0.05, 0.1) is 24.0 Å². The second kappa shape index (κ2) is 3.71. The Bertz CT molecular complexity index is 365. The molecule has 1 aromatic rings. The van der Waals surface area contributed by atoms with Crippen molar-refractivity contribution >= 4 is 0 Å². The number of aliphatic hydroxyl groups excluding tert-OH is 1. The molecule has 1 fully saturated rings. The Morgan fingerprint density at radius 2 is 2.53 bits per heavy atom. The third-order valence-electron chi connectivity index (χ3n) is 3.40. The molecule has 3 unspecified atom stereocenters. The average molecular weight is 205 g/mol. The minimum absolute atomic E-state index is 0.520. The molecule has 1 aliphatic rings. The molecule has 1 saturated carbocycles. The van der Waals surface area contributed by atoms with E-state index in [2.05, 4.69) is 13.0 Å². The lowest BCUT2D eigenvalue weighted by molar-refractivity contribution is 0.0642. The zero-order valence-electron chi connectivity index (χ0n) is 8.81. The van der Waals surface area contributed by atoms with Crippen LogP contribution in [-0.2, 0) is 0 Å². The van der Waals surface area contributed by atoms with E-state index in [0.717, 1.165) is 19.3 Å². The normalized spacial score (nSPS) is 32.5. The van der Waals surface area contributed by atoms with Gasteiger partial charge in [0.2, 0.25) is 0 Å². The number of nitriles is 1. The lowest BCUT2D eigenvalue weighted by Crippen LogP contribution is -2.24. The molecule has 2 rings (SSSR count). The highest BCUT2D eigenvalue weighted by Crippen LogP contribution is 2.49. The van der Waals surface area contributed by atoms with Crippen LogP contribution in [0.25, 0.3) is 0 Å². The molecule has 0 spiro atoms. The second-order valence-electron chi connectivity index (χ2n) is 4.58. The molecular formula is C12H15NO2. The maximum absolute atomic E-state index is 10.2. The van der Waals surface area contributed by atoms with Crippen molar-refractivity contribution in [2.75, 3.05) is 0 Å². The van der Waals surface area contributed by atoms with Crippen LogP contribution in [-0.4, -0.2) is 5.11 Å². The first-order chi connectivity index (χ1) is 7.18. The zero-order valence-corrected chi connectivity index (χ0v) is 8.81. The van der Waals surface area contributed by atoms with Crippen molar-refractivity contribution in [2.45, 2.75) is 32.3 Å². The Labute approximate surface area is 89.3 Å². The monoisotopic (exact) mass is 205 g/mol. The van der Waals surface area contributed by atoms with Gasteiger partial charge in [0.25, 0.3) is 0 Å². The maximum Gasteiger partial charge on any atom is 0.101 e. The molecule has 3 heteroatoms. The molecule has 3 atom stereocenters. The number of aliphatic hydroxyl groups is 1. The molecule has 1 N–H and O–H groups in total. The molecule has 0 saturated heterocycles. The van der Waals surface area contributed by atoms with Gasteiger partial charge in [-0.2, -0.15) is 5.26 Å². The summed E-state index contributed by atoms with van der Waals surface area (Å²) in [5.74, 6) is 0.520. The predicted octanol–water partition coefficient (Wildman–Crippen LogP) is 2.64. The van der Waals surface area contributed by atoms with Gasteiger partial charge in [-0.3, -0.25) is 0 Å². The van der Waals surface area contributed by atoms with Crippen molar-refractivity contribution in [3.63, 3.8) is 0 Å². The summed E-state index contributed by atoms with van der Waals surface area (Å²) in [5, 5.41) is 19.5. The van der Waals surface area contributed by atoms with Gasteiger partial charge in [-0.25, -0.2) is 0 Å². The third kappa shape index (κ3) is 1.66. The van der Waals surface area contributed by atoms with Gasteiger partial charge in [0.15, 0.2) is 0 Å². The fraction of sp³-hybridized carbons (Fsp3) is 0.583. The summed E-state index contributed by atoms with van der Waals surface area (Å²) in [6, 6.07) is 4.03. The number of furan rings is 1. The van der Waals surface area contributed by atoms with Crippen molar-refractivity contribution in [3.05, 3.63) is 24.2 Å². The summed E-state index contributed by atoms with van der Waals surface area (Å²) in [7, 11) is 0. The van der Waals surface area contributed by atoms with Gasteiger partial charge >= 0.3 is 0 Å². The standard InChI is InChI=1S/C12H15NO2/c1-9-2-4-12(6-9,8-13)11(14)10-3-5-15-7-10/h3,5,7,9,11,14H,2,4,6H2,1H3. The Balaban J connectivity index is 2.25. The van der Waals surface area contributed by atoms with Gasteiger partial charge in [0, 0.05) is 5.56 Å². The topological polar surface area (TPSA) is 57.2 Å². The Hall–Kier alpha value is -1.27. The average Bonchev–Trinajstić information content (AvgIpc) is 2.86. The number of hydrogen-bond acceptors (Lipinski definition) is 3. The lowest BCUT2D eigenvalue weighted by atomic mass is 9.79. The molecule has 1 aliphatic carbocycles. The molecule has 1 aromatic heterocycles. The molecule has 0 aromatic carbocycles. The van der Waals surface area contributed by atoms with Gasteiger partial charge in [0.1, 0.15) is 6.10 Å². The highest BCUT2D eigenvalue weighted by atomic mass is 16.3. The van der Waals surface area contributed by atoms with Crippen molar-refractivity contribution in [1.82, 2.24) is 0 Å². The molecule has 0 bridgehead atoms. The molecular weight excluding hydrogens is 190 g/mol. The Morgan fingerprint density at radius 1 is 1.73 bits per heavy atom. The van der Waals surface area contributed by atoms with Crippen LogP contribution < -0.4 is 0 Å². The van der Waals surface area contributed by atoms with Crippen molar-refractivity contribution in [2.24, 2.45) is 11.3 Å². The number of nitrogens with zero attached hydrogens (tertiary/aromatic N) is 1. The molecule has 0 amide bonds. The summed E-state index contributed by atoms with van der Waals surface area (Å²) < 4.78 is 4.94. The van der Waals surface area contributed by atoms with E-state index in [1.807, 2.05) is 0 Å². The maximum atomic E-state index is 10.2.